The van der Waals surface area contributed by atoms with Crippen LogP contribution in [0.1, 0.15) is 36.1 Å². The lowest BCUT2D eigenvalue weighted by atomic mass is 9.56. The molecule has 120 heavy (non-hydrogen) atoms. The number of hydrogen-bond acceptors (Lipinski definition) is 4. The molecule has 0 aromatic heterocycles. The Morgan fingerprint density at radius 3 is 0.542 bits per heavy atom. The summed E-state index contributed by atoms with van der Waals surface area (Å²) in [7, 11) is -13.7. The fourth-order valence-electron chi connectivity index (χ4n) is 19.1. The molecule has 2 unspecified atom stereocenters. The molecule has 0 saturated heterocycles. The number of benzene rings is 14. The van der Waals surface area contributed by atoms with Crippen LogP contribution >= 0.6 is 0 Å². The Morgan fingerprint density at radius 2 is 0.350 bits per heavy atom. The fourth-order valence-corrected chi connectivity index (χ4v) is 28.4. The molecule has 4 nitrogen and oxygen atoms in total. The van der Waals surface area contributed by atoms with Crippen molar-refractivity contribution >= 4 is 196 Å². The van der Waals surface area contributed by atoms with Crippen molar-refractivity contribution in [1.82, 2.24) is 0 Å². The van der Waals surface area contributed by atoms with E-state index in [1.807, 2.05) is 0 Å². The Labute approximate surface area is 727 Å². The molecule has 610 valence electrons. The first-order valence-electron chi connectivity index (χ1n) is 43.8. The van der Waals surface area contributed by atoms with Gasteiger partial charge in [0.1, 0.15) is 0 Å². The minimum absolute atomic E-state index is 0.861. The van der Waals surface area contributed by atoms with Crippen molar-refractivity contribution in [2.75, 3.05) is 19.6 Å². The second-order valence-corrected chi connectivity index (χ2v) is 83.8. The van der Waals surface area contributed by atoms with E-state index >= 15 is 0 Å². The van der Waals surface area contributed by atoms with Crippen LogP contribution in [0.5, 0.6) is 0 Å². The summed E-state index contributed by atoms with van der Waals surface area (Å²) in [5.41, 5.74) is 22.4. The molecule has 14 aromatic carbocycles. The molecule has 2 aliphatic rings. The molecular weight excluding hydrogens is 1580 g/mol. The Kier molecular flexibility index (Phi) is 21.2. The number of nitrogens with zero attached hydrogens (tertiary/aromatic N) is 4. The van der Waals surface area contributed by atoms with Gasteiger partial charge in [0.25, 0.3) is 0 Å². The standard InChI is InChI=1S/C108H126N4Si8/c1-107(99-71-83(109(75-35-53-85(54-36-75)113(3,4)5)76-37-55-86(56-38-76)114(6,7)8)51-69-97(99)105-95-33-29-27-31-93(95)103(73-101(105)107)111(79-43-61-89(62-44-79)117(15,16)17)80-45-63-90(64-46-80)118(18,19)20)108(2)100-72-84(110(77-39-57-87(58-40-77)115(9,10)11)78-41-59-88(60-42-78)116(12,13)14)52-70-98(100)106-96-34-30-28-32-94(96)104(74-102(106)108)112(81-47-65-91(66-48-81)119(21,22)23)82-49-67-92(68-50-82)120(24,25)26/h27-74H,1-26H3. The van der Waals surface area contributed by atoms with Crippen LogP contribution in [0, 0.1) is 0 Å². The molecule has 16 rings (SSSR count). The van der Waals surface area contributed by atoms with Gasteiger partial charge in [0.15, 0.2) is 0 Å². The molecular formula is C108H126N4Si8. The Hall–Kier alpha value is -9.46. The molecule has 0 fully saturated rings. The number of hydrogen-bond donors (Lipinski definition) is 0. The first-order chi connectivity index (χ1) is 56.3. The summed E-state index contributed by atoms with van der Waals surface area (Å²) in [5.74, 6) is 0. The van der Waals surface area contributed by atoms with Gasteiger partial charge in [-0.1, -0.05) is 370 Å². The van der Waals surface area contributed by atoms with E-state index < -0.39 is 75.4 Å². The third-order valence-electron chi connectivity index (χ3n) is 26.7. The van der Waals surface area contributed by atoms with Crippen molar-refractivity contribution in [1.29, 1.82) is 0 Å². The van der Waals surface area contributed by atoms with E-state index in [0.717, 1.165) is 68.2 Å². The van der Waals surface area contributed by atoms with Crippen LogP contribution in [0.3, 0.4) is 0 Å². The van der Waals surface area contributed by atoms with Crippen molar-refractivity contribution in [3.05, 3.63) is 313 Å². The van der Waals surface area contributed by atoms with Gasteiger partial charge < -0.3 is 19.6 Å². The van der Waals surface area contributed by atoms with Gasteiger partial charge in [-0.05, 0) is 189 Å². The van der Waals surface area contributed by atoms with Crippen molar-refractivity contribution in [2.45, 2.75) is 182 Å². The summed E-state index contributed by atoms with van der Waals surface area (Å²) < 4.78 is 0. The van der Waals surface area contributed by atoms with Gasteiger partial charge in [0, 0.05) is 78.5 Å². The SMILES string of the molecule is CC1(C2(C)c3cc(N(c4ccc([Si](C)(C)C)cc4)c4ccc([Si](C)(C)C)cc4)ccc3-c3c2cc(N(c2ccc([Si](C)(C)C)cc2)c2ccc([Si](C)(C)C)cc2)c2ccccc32)c2cc(N(c3ccc([Si](C)(C)C)cc3)c3ccc([Si](C)(C)C)cc3)ccc2-c2c1cc(N(c1ccc([Si](C)(C)C)cc1)c1ccc([Si](C)(C)C)cc1)c1ccccc21. The van der Waals surface area contributed by atoms with Gasteiger partial charge in [0.2, 0.25) is 0 Å². The summed E-state index contributed by atoms with van der Waals surface area (Å²) in [6.07, 6.45) is 0. The third-order valence-corrected chi connectivity index (χ3v) is 43.2. The second kappa shape index (κ2) is 30.2. The lowest BCUT2D eigenvalue weighted by molar-refractivity contribution is 0.376. The van der Waals surface area contributed by atoms with Crippen LogP contribution in [0.25, 0.3) is 43.8 Å². The fraction of sp³-hybridized carbons (Fsp3) is 0.259. The minimum Gasteiger partial charge on any atom is -0.310 e. The van der Waals surface area contributed by atoms with Crippen molar-refractivity contribution in [2.24, 2.45) is 0 Å². The molecule has 0 saturated carbocycles. The third kappa shape index (κ3) is 15.2. The highest BCUT2D eigenvalue weighted by Crippen LogP contribution is 2.69. The van der Waals surface area contributed by atoms with Gasteiger partial charge in [-0.25, -0.2) is 0 Å². The van der Waals surface area contributed by atoms with E-state index in [0.29, 0.717) is 0 Å². The average Bonchev–Trinajstić information content (AvgIpc) is 1.49. The summed E-state index contributed by atoms with van der Waals surface area (Å²) in [5, 5.41) is 16.5. The lowest BCUT2D eigenvalue weighted by Gasteiger charge is -2.46. The highest BCUT2D eigenvalue weighted by atomic mass is 28.3. The highest BCUT2D eigenvalue weighted by molar-refractivity contribution is 6.91. The molecule has 0 aliphatic heterocycles. The first kappa shape index (κ1) is 84.2. The van der Waals surface area contributed by atoms with Crippen LogP contribution in [-0.2, 0) is 10.8 Å². The highest BCUT2D eigenvalue weighted by Gasteiger charge is 2.59. The molecule has 0 bridgehead atoms. The maximum absolute atomic E-state index is 2.70. The smallest absolute Gasteiger partial charge is 0.0775 e. The van der Waals surface area contributed by atoms with Crippen molar-refractivity contribution in [3.8, 4) is 22.3 Å². The van der Waals surface area contributed by atoms with Gasteiger partial charge >= 0.3 is 0 Å². The second-order valence-electron chi connectivity index (χ2n) is 43.2. The Bertz CT molecular complexity index is 5610. The monoisotopic (exact) mass is 1700 g/mol. The molecule has 0 amide bonds. The quantitative estimate of drug-likeness (QED) is 0.0665. The lowest BCUT2D eigenvalue weighted by Crippen LogP contribution is -2.44. The predicted molar refractivity (Wildman–Crippen MR) is 554 cm³/mol. The van der Waals surface area contributed by atoms with Crippen LogP contribution < -0.4 is 61.1 Å². The zero-order valence-corrected chi connectivity index (χ0v) is 84.5. The zero-order valence-electron chi connectivity index (χ0n) is 76.5. The van der Waals surface area contributed by atoms with Gasteiger partial charge in [-0.15, -0.1) is 0 Å². The molecule has 2 aliphatic carbocycles. The predicted octanol–water partition coefficient (Wildman–Crippen LogP) is 27.5. The van der Waals surface area contributed by atoms with E-state index in [9.17, 15) is 0 Å². The molecule has 14 aromatic rings. The van der Waals surface area contributed by atoms with E-state index in [1.165, 1.54) is 108 Å². The molecule has 12 heteroatoms. The van der Waals surface area contributed by atoms with Gasteiger partial charge in [0.05, 0.1) is 76.0 Å². The number of fused-ring (bicyclic) bond motifs is 10. The Balaban J connectivity index is 1.07. The van der Waals surface area contributed by atoms with E-state index in [-0.39, 0.29) is 0 Å². The van der Waals surface area contributed by atoms with Crippen LogP contribution in [0.15, 0.2) is 291 Å². The molecule has 0 radical (unpaired) electrons. The maximum atomic E-state index is 2.70. The summed E-state index contributed by atoms with van der Waals surface area (Å²) in [6.45, 7) is 64.6. The first-order valence-corrected chi connectivity index (χ1v) is 71.8. The summed E-state index contributed by atoms with van der Waals surface area (Å²) >= 11 is 0. The molecule has 0 heterocycles. The molecule has 0 N–H and O–H groups in total. The van der Waals surface area contributed by atoms with E-state index in [2.05, 4.69) is 482 Å². The average molecular weight is 1700 g/mol. The summed E-state index contributed by atoms with van der Waals surface area (Å²) in [6, 6.07) is 117. The van der Waals surface area contributed by atoms with Crippen LogP contribution in [0.2, 0.25) is 157 Å². The molecule has 2 atom stereocenters. The number of anilines is 12. The van der Waals surface area contributed by atoms with Crippen LogP contribution in [0.4, 0.5) is 68.2 Å². The maximum Gasteiger partial charge on any atom is 0.0775 e. The minimum atomic E-state index is -1.72. The van der Waals surface area contributed by atoms with Crippen molar-refractivity contribution in [3.63, 3.8) is 0 Å². The largest absolute Gasteiger partial charge is 0.310 e. The zero-order chi connectivity index (χ0) is 85.7. The van der Waals surface area contributed by atoms with E-state index in [1.54, 1.807) is 0 Å². The van der Waals surface area contributed by atoms with E-state index in [4.69, 9.17) is 0 Å². The summed E-state index contributed by atoms with van der Waals surface area (Å²) in [4.78, 5) is 10.4. The van der Waals surface area contributed by atoms with Gasteiger partial charge in [-0.3, -0.25) is 0 Å². The Morgan fingerprint density at radius 1 is 0.175 bits per heavy atom. The topological polar surface area (TPSA) is 13.0 Å². The van der Waals surface area contributed by atoms with Gasteiger partial charge in [-0.2, -0.15) is 0 Å². The molecule has 0 spiro atoms. The number of rotatable bonds is 21. The van der Waals surface area contributed by atoms with Crippen LogP contribution in [-0.4, -0.2) is 64.6 Å². The van der Waals surface area contributed by atoms with Crippen molar-refractivity contribution < 1.29 is 0 Å². The normalized spacial score (nSPS) is 15.7.